The lowest BCUT2D eigenvalue weighted by Gasteiger charge is -2.27. The van der Waals surface area contributed by atoms with Gasteiger partial charge in [-0.2, -0.15) is 0 Å². The van der Waals surface area contributed by atoms with E-state index in [1.165, 1.54) is 68.4 Å². The number of esters is 9. The van der Waals surface area contributed by atoms with Crippen LogP contribution >= 0.6 is 11.3 Å². The van der Waals surface area contributed by atoms with Gasteiger partial charge >= 0.3 is 59.9 Å². The minimum absolute atomic E-state index is 0.0139. The summed E-state index contributed by atoms with van der Waals surface area (Å²) in [6.45, 7) is 23.5. The molecule has 6 aromatic rings. The second kappa shape index (κ2) is 72.3. The number of aromatic nitrogens is 1. The van der Waals surface area contributed by atoms with Crippen LogP contribution in [0.25, 0.3) is 31.9 Å². The van der Waals surface area contributed by atoms with E-state index in [-0.39, 0.29) is 96.8 Å². The predicted octanol–water partition coefficient (Wildman–Crippen LogP) is 22.7. The maximum atomic E-state index is 13.2. The number of methoxy groups -OCH3 is 5. The Morgan fingerprint density at radius 2 is 0.655 bits per heavy atom. The first-order chi connectivity index (χ1) is 70.3. The highest BCUT2D eigenvalue weighted by Crippen LogP contribution is 2.44. The molecular weight excluding hydrogens is 1880 g/mol. The number of unbranched alkanes of at least 4 members (excludes halogenated alkanes) is 9. The van der Waals surface area contributed by atoms with Crippen LogP contribution in [0.5, 0.6) is 28.7 Å². The topological polar surface area (TPSA) is 375 Å². The van der Waals surface area contributed by atoms with Crippen LogP contribution in [0.1, 0.15) is 249 Å². The number of hydrogen-bond acceptors (Lipinski definition) is 31. The minimum atomic E-state index is -0.775. The number of carbonyl (C=O) groups excluding carboxylic acids is 12. The third-order valence-corrected chi connectivity index (χ3v) is 26.8. The Morgan fingerprint density at radius 3 is 1.09 bits per heavy atom. The van der Waals surface area contributed by atoms with Crippen LogP contribution in [-0.2, 0) is 105 Å². The zero-order valence-corrected chi connectivity index (χ0v) is 86.8. The molecule has 0 spiro atoms. The van der Waals surface area contributed by atoms with Gasteiger partial charge in [0.1, 0.15) is 44.0 Å². The third kappa shape index (κ3) is 49.2. The van der Waals surface area contributed by atoms with Gasteiger partial charge in [-0.3, -0.25) is 24.0 Å². The summed E-state index contributed by atoms with van der Waals surface area (Å²) in [5.41, 5.74) is 4.05. The Morgan fingerprint density at radius 1 is 0.317 bits per heavy atom. The minimum Gasteiger partial charge on any atom is -0.497 e. The van der Waals surface area contributed by atoms with E-state index < -0.39 is 24.1 Å². The van der Waals surface area contributed by atoms with Crippen molar-refractivity contribution in [1.82, 2.24) is 4.98 Å². The van der Waals surface area contributed by atoms with Gasteiger partial charge in [-0.15, -0.1) is 11.3 Å². The van der Waals surface area contributed by atoms with E-state index in [0.29, 0.717) is 197 Å². The summed E-state index contributed by atoms with van der Waals surface area (Å²) in [6, 6.07) is 34.8. The molecule has 11 rings (SSSR count). The molecule has 0 saturated heterocycles. The summed E-state index contributed by atoms with van der Waals surface area (Å²) < 4.78 is 88.9. The van der Waals surface area contributed by atoms with E-state index in [4.69, 9.17) is 85.5 Å². The summed E-state index contributed by atoms with van der Waals surface area (Å²) in [5.74, 6) is 0.107. The average molecular weight is 2030 g/mol. The van der Waals surface area contributed by atoms with Crippen molar-refractivity contribution in [2.75, 3.05) is 95.0 Å². The van der Waals surface area contributed by atoms with Crippen molar-refractivity contribution in [2.45, 2.75) is 263 Å². The third-order valence-electron chi connectivity index (χ3n) is 25.7. The second-order valence-corrected chi connectivity index (χ2v) is 37.0. The molecule has 5 saturated carbocycles. The molecule has 794 valence electrons. The first-order valence-electron chi connectivity index (χ1n) is 50.9. The maximum Gasteiger partial charge on any atom is 0.513 e. The fourth-order valence-electron chi connectivity index (χ4n) is 16.8. The van der Waals surface area contributed by atoms with Crippen molar-refractivity contribution in [3.8, 4) is 50.4 Å². The summed E-state index contributed by atoms with van der Waals surface area (Å²) in [6.07, 6.45) is 39.1. The summed E-state index contributed by atoms with van der Waals surface area (Å²) in [4.78, 5) is 144. The molecule has 1 aromatic heterocycles. The number of fused-ring (bicyclic) bond motifs is 1. The summed E-state index contributed by atoms with van der Waals surface area (Å²) in [5, 5.41) is 0.717. The number of benzene rings is 5. The molecular formula is C114H153NO29S. The first-order valence-corrected chi connectivity index (χ1v) is 51.8. The molecule has 1 heterocycles. The van der Waals surface area contributed by atoms with Gasteiger partial charge < -0.3 is 80.5 Å². The monoisotopic (exact) mass is 2030 g/mol. The molecule has 0 unspecified atom stereocenters. The highest BCUT2D eigenvalue weighted by Gasteiger charge is 2.34. The number of ketones is 2. The zero-order valence-electron chi connectivity index (χ0n) is 86.0. The number of Topliss-reactive ketones (excluding diaryl/α,β-unsaturated/α-hetero) is 2. The Hall–Kier alpha value is -12.0. The average Bonchev–Trinajstić information content (AvgIpc) is 1.63. The molecule has 0 amide bonds. The smallest absolute Gasteiger partial charge is 0.497 e. The van der Waals surface area contributed by atoms with Crippen molar-refractivity contribution >= 4 is 93.0 Å². The SMILES string of the molecule is C=CC(=O)OCCCCCCC1CCC(OC)CC1.C=CC(=O)OCCCCCCOC1CCC(OC)CC1.C=CC(=O)OCCCCOC(=O)C1CCC(OC)CC1.C=CC(=O)OCCCCOC(=O)Oc1ccc(OC)cc1.C=CC(=O)OCCCCOC(=O)c1ccc(OC)cc1.CC(=O)C1CCC(C(=O)Oc2ccc(OC(=O)C3CCC(C(C)=O)CC3)c3sc(-c4ccc(-c5ccccc5)cc4)nc23)CC1. The summed E-state index contributed by atoms with van der Waals surface area (Å²) >= 11 is 1.39. The number of hydrogen-bond donors (Lipinski definition) is 0. The van der Waals surface area contributed by atoms with Crippen molar-refractivity contribution in [3.63, 3.8) is 0 Å². The van der Waals surface area contributed by atoms with Gasteiger partial charge in [0, 0.05) is 75.7 Å². The Bertz CT molecular complexity index is 4790. The molecule has 31 heteroatoms. The molecule has 5 aliphatic rings. The van der Waals surface area contributed by atoms with Crippen molar-refractivity contribution in [3.05, 3.63) is 184 Å². The van der Waals surface area contributed by atoms with E-state index in [1.54, 1.807) is 103 Å². The Kier molecular flexibility index (Phi) is 60.6. The first kappa shape index (κ1) is 122. The molecule has 145 heavy (non-hydrogen) atoms. The molecule has 0 atom stereocenters. The van der Waals surface area contributed by atoms with Crippen LogP contribution in [0.15, 0.2) is 179 Å². The Labute approximate surface area is 859 Å². The van der Waals surface area contributed by atoms with Crippen LogP contribution < -0.4 is 23.7 Å². The van der Waals surface area contributed by atoms with E-state index in [0.717, 1.165) is 137 Å². The molecule has 0 bridgehead atoms. The highest BCUT2D eigenvalue weighted by atomic mass is 32.1. The molecule has 5 aliphatic carbocycles. The number of carbonyl (C=O) groups is 12. The lowest BCUT2D eigenvalue weighted by molar-refractivity contribution is -0.151. The van der Waals surface area contributed by atoms with Gasteiger partial charge in [0.2, 0.25) is 0 Å². The number of thiazole rings is 1. The fraction of sp³-hybridized carbons (Fsp3) is 0.535. The van der Waals surface area contributed by atoms with Crippen LogP contribution in [0.3, 0.4) is 0 Å². The molecule has 5 aromatic carbocycles. The van der Waals surface area contributed by atoms with Crippen molar-refractivity contribution in [2.24, 2.45) is 35.5 Å². The molecule has 30 nitrogen and oxygen atoms in total. The van der Waals surface area contributed by atoms with Crippen LogP contribution in [0.2, 0.25) is 0 Å². The van der Waals surface area contributed by atoms with Gasteiger partial charge in [-0.1, -0.05) is 120 Å². The van der Waals surface area contributed by atoms with Crippen LogP contribution in [0.4, 0.5) is 4.79 Å². The lowest BCUT2D eigenvalue weighted by Crippen LogP contribution is -2.28. The predicted molar refractivity (Wildman–Crippen MR) is 553 cm³/mol. The van der Waals surface area contributed by atoms with E-state index in [2.05, 4.69) is 45.0 Å². The number of ether oxygens (including phenoxy) is 17. The maximum absolute atomic E-state index is 13.2. The lowest BCUT2D eigenvalue weighted by atomic mass is 9.80. The fourth-order valence-corrected chi connectivity index (χ4v) is 17.9. The Balaban J connectivity index is 0.000000279. The second-order valence-electron chi connectivity index (χ2n) is 36.0. The van der Waals surface area contributed by atoms with Crippen LogP contribution in [0, 0.1) is 35.5 Å². The summed E-state index contributed by atoms with van der Waals surface area (Å²) in [7, 11) is 8.44. The largest absolute Gasteiger partial charge is 0.513 e. The number of rotatable bonds is 51. The zero-order chi connectivity index (χ0) is 105. The molecule has 0 aliphatic heterocycles. The van der Waals surface area contributed by atoms with Crippen molar-refractivity contribution in [1.29, 1.82) is 0 Å². The van der Waals surface area contributed by atoms with Gasteiger partial charge in [-0.05, 0) is 284 Å². The van der Waals surface area contributed by atoms with E-state index in [1.807, 2.05) is 49.6 Å². The van der Waals surface area contributed by atoms with Crippen molar-refractivity contribution < 1.29 is 138 Å². The quantitative estimate of drug-likeness (QED) is 0.00854. The van der Waals surface area contributed by atoms with Crippen LogP contribution in [-0.4, -0.2) is 196 Å². The van der Waals surface area contributed by atoms with E-state index >= 15 is 0 Å². The molecule has 0 N–H and O–H groups in total. The van der Waals surface area contributed by atoms with E-state index in [9.17, 15) is 57.5 Å². The number of nitrogens with zero attached hydrogens (tertiary/aromatic N) is 1. The van der Waals surface area contributed by atoms with Gasteiger partial charge in [0.25, 0.3) is 0 Å². The molecule has 5 fully saturated rings. The highest BCUT2D eigenvalue weighted by molar-refractivity contribution is 7.22. The normalized spacial score (nSPS) is 18.6. The standard InChI is InChI=1S/C37H37NO6S.C16H28O4.C16H28O3.C15H18O6.C15H24O5.C15H18O5/c1-22(39)24-8-16-29(17-9-24)36(41)43-31-20-21-32(44-37(42)30-18-10-25(11-19-30)23(2)40)34-33(31)38-35(45-34)28-14-12-27(13-15-28)26-6-4-3-5-7-26;1-3-16(17)20-13-7-5-4-6-12-19-15-10-8-14(18-2)9-11-15;1-3-16(17)19-13-7-5-4-6-8-14-9-11-15(18-2)12-10-14;1-3-14(16)19-10-4-5-11-20-15(17)21-13-8-6-12(18-2)7-9-13;2*1-3-14(16)19-10-4-5-11-20-15(17)12-6-8-13(18-2)9-7-12/h3-7,12-15,20-21,24-25,29-30H,8-11,16-19H2,1-2H3;3,14-15H,1,4-13H2,2H3;3,14-15H,1,4-13H2,2H3;3,6-9H,1,4-5,10-11H2,2H3;3,12-13H,1,4-11H2,2H3;3,6-9H,1,4-5,10-11H2,2H3. The molecule has 0 radical (unpaired) electrons. The van der Waals surface area contributed by atoms with Gasteiger partial charge in [0.15, 0.2) is 11.5 Å². The van der Waals surface area contributed by atoms with Gasteiger partial charge in [0.05, 0.1) is 115 Å². The van der Waals surface area contributed by atoms with Gasteiger partial charge in [-0.25, -0.2) is 38.5 Å².